The monoisotopic (exact) mass is 464 g/mol. The van der Waals surface area contributed by atoms with E-state index in [0.29, 0.717) is 60.6 Å². The summed E-state index contributed by atoms with van der Waals surface area (Å²) in [5.41, 5.74) is 0.472. The predicted molar refractivity (Wildman–Crippen MR) is 120 cm³/mol. The van der Waals surface area contributed by atoms with Gasteiger partial charge in [0.1, 0.15) is 5.76 Å². The zero-order valence-corrected chi connectivity index (χ0v) is 19.0. The van der Waals surface area contributed by atoms with Gasteiger partial charge in [0.15, 0.2) is 11.7 Å². The molecule has 5 rings (SSSR count). The average Bonchev–Trinajstić information content (AvgIpc) is 3.49. The zero-order chi connectivity index (χ0) is 22.9. The van der Waals surface area contributed by atoms with Crippen LogP contribution in [0.3, 0.4) is 0 Å². The number of oxazole rings is 1. The largest absolute Gasteiger partial charge is 0.446 e. The van der Waals surface area contributed by atoms with Crippen molar-refractivity contribution in [1.29, 1.82) is 0 Å². The Morgan fingerprint density at radius 3 is 2.30 bits per heavy atom. The maximum absolute atomic E-state index is 13.1. The molecule has 0 bridgehead atoms. The minimum atomic E-state index is -3.56. The van der Waals surface area contributed by atoms with Crippen LogP contribution in [0.4, 0.5) is 0 Å². The normalized spacial score (nSPS) is 16.6. The van der Waals surface area contributed by atoms with Gasteiger partial charge in [0, 0.05) is 20.0 Å². The Kier molecular flexibility index (Phi) is 5.59. The van der Waals surface area contributed by atoms with E-state index in [9.17, 15) is 8.42 Å². The van der Waals surface area contributed by atoms with E-state index >= 15 is 0 Å². The van der Waals surface area contributed by atoms with Gasteiger partial charge in [-0.3, -0.25) is 0 Å². The number of hydrogen-bond acceptors (Lipinski definition) is 7. The van der Waals surface area contributed by atoms with E-state index in [0.717, 1.165) is 5.56 Å². The van der Waals surface area contributed by atoms with Crippen LogP contribution in [-0.2, 0) is 21.9 Å². The summed E-state index contributed by atoms with van der Waals surface area (Å²) < 4.78 is 39.1. The van der Waals surface area contributed by atoms with E-state index in [2.05, 4.69) is 10.1 Å². The lowest BCUT2D eigenvalue weighted by atomic mass is 9.73. The van der Waals surface area contributed by atoms with Crippen LogP contribution < -0.4 is 0 Å². The fourth-order valence-electron chi connectivity index (χ4n) is 4.40. The second-order valence-corrected chi connectivity index (χ2v) is 10.1. The third kappa shape index (κ3) is 4.09. The molecule has 8 nitrogen and oxygen atoms in total. The molecule has 0 radical (unpaired) electrons. The van der Waals surface area contributed by atoms with Crippen molar-refractivity contribution in [3.8, 4) is 0 Å². The number of sulfonamides is 1. The fraction of sp³-hybridized carbons (Fsp3) is 0.292. The van der Waals surface area contributed by atoms with Gasteiger partial charge >= 0.3 is 0 Å². The van der Waals surface area contributed by atoms with Gasteiger partial charge in [0.25, 0.3) is 0 Å². The number of aromatic nitrogens is 3. The van der Waals surface area contributed by atoms with Gasteiger partial charge in [0.05, 0.1) is 22.9 Å². The van der Waals surface area contributed by atoms with Crippen LogP contribution in [0.25, 0.3) is 0 Å². The standard InChI is InChI=1S/C24H24N4O4S/c1-18-25-17-20(31-18)16-22-26-23(32-27-22)24(19-8-4-2-5-9-19)12-14-28(15-13-24)33(29,30)21-10-6-3-7-11-21/h2-11,17H,12-16H2,1H3. The van der Waals surface area contributed by atoms with Crippen LogP contribution in [0.5, 0.6) is 0 Å². The van der Waals surface area contributed by atoms with Crippen molar-refractivity contribution in [2.75, 3.05) is 13.1 Å². The molecule has 1 fully saturated rings. The van der Waals surface area contributed by atoms with Crippen molar-refractivity contribution in [3.63, 3.8) is 0 Å². The van der Waals surface area contributed by atoms with Gasteiger partial charge < -0.3 is 8.94 Å². The second-order valence-electron chi connectivity index (χ2n) is 8.20. The topological polar surface area (TPSA) is 102 Å². The summed E-state index contributed by atoms with van der Waals surface area (Å²) >= 11 is 0. The molecule has 3 heterocycles. The van der Waals surface area contributed by atoms with Crippen molar-refractivity contribution in [1.82, 2.24) is 19.4 Å². The van der Waals surface area contributed by atoms with Crippen LogP contribution in [0, 0.1) is 6.92 Å². The Balaban J connectivity index is 1.44. The highest BCUT2D eigenvalue weighted by Crippen LogP contribution is 2.42. The molecule has 1 aliphatic rings. The summed E-state index contributed by atoms with van der Waals surface area (Å²) in [5, 5.41) is 4.18. The van der Waals surface area contributed by atoms with Gasteiger partial charge in [-0.15, -0.1) is 0 Å². The van der Waals surface area contributed by atoms with Gasteiger partial charge in [-0.1, -0.05) is 53.7 Å². The molecule has 170 valence electrons. The molecule has 1 aliphatic heterocycles. The number of rotatable bonds is 6. The molecule has 0 aliphatic carbocycles. The van der Waals surface area contributed by atoms with Crippen LogP contribution in [0.15, 0.2) is 80.7 Å². The molecule has 1 saturated heterocycles. The Hall–Kier alpha value is -3.30. The highest BCUT2D eigenvalue weighted by molar-refractivity contribution is 7.89. The zero-order valence-electron chi connectivity index (χ0n) is 18.2. The lowest BCUT2D eigenvalue weighted by molar-refractivity contribution is 0.214. The smallest absolute Gasteiger partial charge is 0.243 e. The summed E-state index contributed by atoms with van der Waals surface area (Å²) in [6.45, 7) is 2.49. The summed E-state index contributed by atoms with van der Waals surface area (Å²) in [4.78, 5) is 9.12. The van der Waals surface area contributed by atoms with E-state index in [-0.39, 0.29) is 0 Å². The summed E-state index contributed by atoms with van der Waals surface area (Å²) in [6.07, 6.45) is 3.10. The molecule has 2 aromatic heterocycles. The molecule has 0 atom stereocenters. The highest BCUT2D eigenvalue weighted by atomic mass is 32.2. The second kappa shape index (κ2) is 8.57. The van der Waals surface area contributed by atoms with Crippen molar-refractivity contribution in [2.24, 2.45) is 0 Å². The van der Waals surface area contributed by atoms with E-state index in [4.69, 9.17) is 13.9 Å². The average molecular weight is 465 g/mol. The Morgan fingerprint density at radius 1 is 1.00 bits per heavy atom. The molecule has 2 aromatic carbocycles. The van der Waals surface area contributed by atoms with E-state index < -0.39 is 15.4 Å². The van der Waals surface area contributed by atoms with Crippen LogP contribution >= 0.6 is 0 Å². The number of aryl methyl sites for hydroxylation is 1. The van der Waals surface area contributed by atoms with Crippen molar-refractivity contribution in [3.05, 3.63) is 95.8 Å². The first-order chi connectivity index (χ1) is 16.0. The van der Waals surface area contributed by atoms with Crippen molar-refractivity contribution < 1.29 is 17.4 Å². The first-order valence-corrected chi connectivity index (χ1v) is 12.3. The molecule has 9 heteroatoms. The molecular weight excluding hydrogens is 440 g/mol. The lowest BCUT2D eigenvalue weighted by Gasteiger charge is -2.39. The third-order valence-corrected chi connectivity index (χ3v) is 8.08. The van der Waals surface area contributed by atoms with Crippen LogP contribution in [0.1, 0.15) is 41.8 Å². The van der Waals surface area contributed by atoms with E-state index in [1.807, 2.05) is 36.4 Å². The van der Waals surface area contributed by atoms with Crippen LogP contribution in [-0.4, -0.2) is 40.9 Å². The maximum Gasteiger partial charge on any atom is 0.243 e. The van der Waals surface area contributed by atoms with Crippen molar-refractivity contribution >= 4 is 10.0 Å². The SMILES string of the molecule is Cc1ncc(Cc2noc(C3(c4ccccc4)CCN(S(=O)(=O)c4ccccc4)CC3)n2)o1. The number of benzene rings is 2. The summed E-state index contributed by atoms with van der Waals surface area (Å²) in [5.74, 6) is 2.26. The summed E-state index contributed by atoms with van der Waals surface area (Å²) in [6, 6.07) is 18.5. The van der Waals surface area contributed by atoms with Gasteiger partial charge in [-0.05, 0) is 30.5 Å². The quantitative estimate of drug-likeness (QED) is 0.428. The third-order valence-electron chi connectivity index (χ3n) is 6.16. The van der Waals surface area contributed by atoms with Crippen molar-refractivity contribution in [2.45, 2.75) is 36.5 Å². The molecule has 0 amide bonds. The summed E-state index contributed by atoms with van der Waals surface area (Å²) in [7, 11) is -3.56. The number of hydrogen-bond donors (Lipinski definition) is 0. The minimum Gasteiger partial charge on any atom is -0.446 e. The highest BCUT2D eigenvalue weighted by Gasteiger charge is 2.45. The van der Waals surface area contributed by atoms with Gasteiger partial charge in [-0.25, -0.2) is 13.4 Å². The molecular formula is C24H24N4O4S. The minimum absolute atomic E-state index is 0.305. The van der Waals surface area contributed by atoms with E-state index in [1.165, 1.54) is 4.31 Å². The first-order valence-electron chi connectivity index (χ1n) is 10.8. The number of nitrogens with zero attached hydrogens (tertiary/aromatic N) is 4. The fourth-order valence-corrected chi connectivity index (χ4v) is 5.86. The van der Waals surface area contributed by atoms with Gasteiger partial charge in [0.2, 0.25) is 15.9 Å². The molecule has 0 spiro atoms. The molecule has 0 saturated carbocycles. The molecule has 0 N–H and O–H groups in total. The maximum atomic E-state index is 13.1. The lowest BCUT2D eigenvalue weighted by Crippen LogP contribution is -2.45. The predicted octanol–water partition coefficient (Wildman–Crippen LogP) is 3.73. The molecule has 4 aromatic rings. The number of piperidine rings is 1. The Labute approximate surface area is 192 Å². The first kappa shape index (κ1) is 21.5. The van der Waals surface area contributed by atoms with Crippen LogP contribution in [0.2, 0.25) is 0 Å². The van der Waals surface area contributed by atoms with E-state index in [1.54, 1.807) is 37.4 Å². The van der Waals surface area contributed by atoms with Gasteiger partial charge in [-0.2, -0.15) is 9.29 Å². The Morgan fingerprint density at radius 2 is 1.67 bits per heavy atom. The molecule has 0 unspecified atom stereocenters. The molecule has 33 heavy (non-hydrogen) atoms. The Bertz CT molecular complexity index is 1330.